The number of carbonyl (C=O) groups excluding carboxylic acids is 1. The minimum atomic E-state index is -4.58. The molecule has 0 bridgehead atoms. The van der Waals surface area contributed by atoms with Gasteiger partial charge in [-0.05, 0) is 12.5 Å². The smallest absolute Gasteiger partial charge is 0.347 e. The standard InChI is InChI=1S/C14H14F3N5O2/c15-14(16,17)9-3-4-13(24)21(7-9)8-12(23)18-6-11-20-19-10-2-1-5-22(10)11/h3-4,7H,1-2,5-6,8H2,(H,18,23). The van der Waals surface area contributed by atoms with E-state index in [-0.39, 0.29) is 6.54 Å². The van der Waals surface area contributed by atoms with Gasteiger partial charge in [-0.15, -0.1) is 10.2 Å². The van der Waals surface area contributed by atoms with Gasteiger partial charge in [-0.1, -0.05) is 0 Å². The number of halogens is 3. The van der Waals surface area contributed by atoms with E-state index in [9.17, 15) is 22.8 Å². The minimum absolute atomic E-state index is 0.111. The van der Waals surface area contributed by atoms with Gasteiger partial charge in [0.2, 0.25) is 5.91 Å². The van der Waals surface area contributed by atoms with Crippen LogP contribution >= 0.6 is 0 Å². The molecule has 1 amide bonds. The number of carbonyl (C=O) groups is 1. The molecule has 1 aliphatic rings. The fourth-order valence-electron chi connectivity index (χ4n) is 2.55. The number of nitrogens with one attached hydrogen (secondary N) is 1. The average molecular weight is 341 g/mol. The second-order valence-electron chi connectivity index (χ2n) is 5.45. The highest BCUT2D eigenvalue weighted by atomic mass is 19.4. The normalized spacial score (nSPS) is 13.8. The van der Waals surface area contributed by atoms with E-state index in [1.807, 2.05) is 4.57 Å². The zero-order valence-corrected chi connectivity index (χ0v) is 12.5. The molecule has 2 aromatic rings. The van der Waals surface area contributed by atoms with Crippen LogP contribution in [0.3, 0.4) is 0 Å². The molecular formula is C14H14F3N5O2. The Morgan fingerprint density at radius 3 is 2.83 bits per heavy atom. The van der Waals surface area contributed by atoms with Crippen LogP contribution in [-0.4, -0.2) is 25.2 Å². The molecule has 7 nitrogen and oxygen atoms in total. The Hall–Kier alpha value is -2.65. The van der Waals surface area contributed by atoms with Crippen LogP contribution in [0.1, 0.15) is 23.6 Å². The molecule has 24 heavy (non-hydrogen) atoms. The van der Waals surface area contributed by atoms with Gasteiger partial charge in [0.15, 0.2) is 5.82 Å². The van der Waals surface area contributed by atoms with Gasteiger partial charge < -0.3 is 14.5 Å². The van der Waals surface area contributed by atoms with Crippen molar-refractivity contribution in [1.82, 2.24) is 24.6 Å². The lowest BCUT2D eigenvalue weighted by molar-refractivity contribution is -0.138. The molecule has 10 heteroatoms. The molecule has 3 heterocycles. The Morgan fingerprint density at radius 1 is 1.29 bits per heavy atom. The quantitative estimate of drug-likeness (QED) is 0.888. The average Bonchev–Trinajstić information content (AvgIpc) is 3.10. The monoisotopic (exact) mass is 341 g/mol. The summed E-state index contributed by atoms with van der Waals surface area (Å²) in [5.41, 5.74) is -1.66. The molecule has 0 saturated heterocycles. The van der Waals surface area contributed by atoms with Crippen LogP contribution in [0.2, 0.25) is 0 Å². The van der Waals surface area contributed by atoms with E-state index in [0.717, 1.165) is 35.8 Å². The van der Waals surface area contributed by atoms with Crippen LogP contribution in [0.25, 0.3) is 0 Å². The van der Waals surface area contributed by atoms with E-state index in [1.165, 1.54) is 0 Å². The van der Waals surface area contributed by atoms with Crippen LogP contribution in [0.5, 0.6) is 0 Å². The van der Waals surface area contributed by atoms with Crippen LogP contribution < -0.4 is 10.9 Å². The molecule has 0 fully saturated rings. The number of aromatic nitrogens is 4. The summed E-state index contributed by atoms with van der Waals surface area (Å²) in [7, 11) is 0. The Labute approximate surface area is 134 Å². The molecule has 0 aliphatic carbocycles. The van der Waals surface area contributed by atoms with Gasteiger partial charge in [0.25, 0.3) is 5.56 Å². The number of hydrogen-bond acceptors (Lipinski definition) is 4. The molecule has 0 aromatic carbocycles. The number of hydrogen-bond donors (Lipinski definition) is 1. The molecule has 2 aromatic heterocycles. The van der Waals surface area contributed by atoms with Crippen molar-refractivity contribution in [3.8, 4) is 0 Å². The molecule has 3 rings (SSSR count). The highest BCUT2D eigenvalue weighted by Crippen LogP contribution is 2.27. The molecule has 1 aliphatic heterocycles. The van der Waals surface area contributed by atoms with Crippen LogP contribution in [-0.2, 0) is 37.0 Å². The number of aryl methyl sites for hydroxylation is 1. The third-order valence-corrected chi connectivity index (χ3v) is 3.75. The predicted molar refractivity (Wildman–Crippen MR) is 75.9 cm³/mol. The van der Waals surface area contributed by atoms with Crippen molar-refractivity contribution in [3.05, 3.63) is 45.9 Å². The second-order valence-corrected chi connectivity index (χ2v) is 5.45. The third-order valence-electron chi connectivity index (χ3n) is 3.75. The molecule has 0 unspecified atom stereocenters. The maximum Gasteiger partial charge on any atom is 0.417 e. The first kappa shape index (κ1) is 16.2. The van der Waals surface area contributed by atoms with Crippen molar-refractivity contribution in [1.29, 1.82) is 0 Å². The highest BCUT2D eigenvalue weighted by Gasteiger charge is 2.31. The summed E-state index contributed by atoms with van der Waals surface area (Å²) in [6.45, 7) is 0.393. The molecular weight excluding hydrogens is 327 g/mol. The lowest BCUT2D eigenvalue weighted by atomic mass is 10.3. The number of pyridine rings is 1. The third kappa shape index (κ3) is 3.31. The van der Waals surface area contributed by atoms with Gasteiger partial charge in [0, 0.05) is 25.2 Å². The molecule has 128 valence electrons. The minimum Gasteiger partial charge on any atom is -0.347 e. The van der Waals surface area contributed by atoms with Crippen LogP contribution in [0.4, 0.5) is 13.2 Å². The van der Waals surface area contributed by atoms with Crippen molar-refractivity contribution >= 4 is 5.91 Å². The van der Waals surface area contributed by atoms with Gasteiger partial charge in [-0.3, -0.25) is 9.59 Å². The lowest BCUT2D eigenvalue weighted by Crippen LogP contribution is -2.32. The zero-order chi connectivity index (χ0) is 17.3. The maximum absolute atomic E-state index is 12.7. The first-order valence-electron chi connectivity index (χ1n) is 7.30. The Balaban J connectivity index is 1.65. The van der Waals surface area contributed by atoms with E-state index in [2.05, 4.69) is 15.5 Å². The highest BCUT2D eigenvalue weighted by molar-refractivity contribution is 5.75. The van der Waals surface area contributed by atoms with Gasteiger partial charge in [-0.2, -0.15) is 13.2 Å². The van der Waals surface area contributed by atoms with Crippen molar-refractivity contribution in [2.45, 2.75) is 38.7 Å². The fraction of sp³-hybridized carbons (Fsp3) is 0.429. The summed E-state index contributed by atoms with van der Waals surface area (Å²) < 4.78 is 40.6. The van der Waals surface area contributed by atoms with E-state index < -0.39 is 29.8 Å². The van der Waals surface area contributed by atoms with E-state index in [1.54, 1.807) is 0 Å². The number of alkyl halides is 3. The van der Waals surface area contributed by atoms with Gasteiger partial charge >= 0.3 is 6.18 Å². The molecule has 0 spiro atoms. The topological polar surface area (TPSA) is 81.8 Å². The first-order chi connectivity index (χ1) is 11.3. The molecule has 0 atom stereocenters. The van der Waals surface area contributed by atoms with Crippen molar-refractivity contribution in [2.75, 3.05) is 0 Å². The Morgan fingerprint density at radius 2 is 2.08 bits per heavy atom. The summed E-state index contributed by atoms with van der Waals surface area (Å²) in [5, 5.41) is 10.5. The van der Waals surface area contributed by atoms with Gasteiger partial charge in [-0.25, -0.2) is 0 Å². The summed E-state index contributed by atoms with van der Waals surface area (Å²) in [5.74, 6) is 0.868. The molecule has 0 saturated carbocycles. The number of rotatable bonds is 4. The summed E-state index contributed by atoms with van der Waals surface area (Å²) >= 11 is 0. The Kier molecular flexibility index (Phi) is 4.12. The maximum atomic E-state index is 12.7. The van der Waals surface area contributed by atoms with Crippen molar-refractivity contribution in [2.24, 2.45) is 0 Å². The number of amides is 1. The number of nitrogens with zero attached hydrogens (tertiary/aromatic N) is 4. The summed E-state index contributed by atoms with van der Waals surface area (Å²) in [6, 6.07) is 1.48. The fourth-order valence-corrected chi connectivity index (χ4v) is 2.55. The molecule has 1 N–H and O–H groups in total. The first-order valence-corrected chi connectivity index (χ1v) is 7.30. The van der Waals surface area contributed by atoms with Crippen molar-refractivity contribution < 1.29 is 18.0 Å². The molecule has 0 radical (unpaired) electrons. The Bertz CT molecular complexity index is 825. The predicted octanol–water partition coefficient (Wildman–Crippen LogP) is 0.721. The van der Waals surface area contributed by atoms with Crippen molar-refractivity contribution in [3.63, 3.8) is 0 Å². The van der Waals surface area contributed by atoms with Gasteiger partial charge in [0.1, 0.15) is 12.4 Å². The number of fused-ring (bicyclic) bond motifs is 1. The summed E-state index contributed by atoms with van der Waals surface area (Å²) in [4.78, 5) is 23.5. The SMILES string of the molecule is O=C(Cn1cc(C(F)(F)F)ccc1=O)NCc1nnc2n1CCC2. The lowest BCUT2D eigenvalue weighted by Gasteiger charge is -2.11. The van der Waals surface area contributed by atoms with E-state index >= 15 is 0 Å². The van der Waals surface area contributed by atoms with E-state index in [4.69, 9.17) is 0 Å². The van der Waals surface area contributed by atoms with Gasteiger partial charge in [0.05, 0.1) is 12.1 Å². The van der Waals surface area contributed by atoms with Crippen LogP contribution in [0.15, 0.2) is 23.1 Å². The second kappa shape index (κ2) is 6.10. The van der Waals surface area contributed by atoms with E-state index in [0.29, 0.717) is 18.1 Å². The summed E-state index contributed by atoms with van der Waals surface area (Å²) in [6.07, 6.45) is -2.14. The van der Waals surface area contributed by atoms with Crippen LogP contribution in [0, 0.1) is 0 Å². The zero-order valence-electron chi connectivity index (χ0n) is 12.5. The largest absolute Gasteiger partial charge is 0.417 e.